The third kappa shape index (κ3) is 4.26. The molecule has 0 atom stereocenters. The Bertz CT molecular complexity index is 357. The molecule has 1 heterocycles. The lowest BCUT2D eigenvalue weighted by molar-refractivity contribution is -0.869. The predicted octanol–water partition coefficient (Wildman–Crippen LogP) is 2.07. The molecule has 0 amide bonds. The molecule has 0 aliphatic heterocycles. The highest BCUT2D eigenvalue weighted by molar-refractivity contribution is 5.87. The van der Waals surface area contributed by atoms with Gasteiger partial charge < -0.3 is 0 Å². The SMILES string of the molecule is CCCCC=C(C)C(=O)O[n+]1ccccc1. The highest BCUT2D eigenvalue weighted by Crippen LogP contribution is 2.00. The number of pyridine rings is 1. The second-order valence-electron chi connectivity index (χ2n) is 3.64. The number of rotatable bonds is 5. The van der Waals surface area contributed by atoms with Gasteiger partial charge in [-0.25, -0.2) is 4.79 Å². The van der Waals surface area contributed by atoms with Crippen LogP contribution >= 0.6 is 0 Å². The predicted molar refractivity (Wildman–Crippen MR) is 61.5 cm³/mol. The van der Waals surface area contributed by atoms with Crippen molar-refractivity contribution in [1.82, 2.24) is 0 Å². The number of carbonyl (C=O) groups excluding carboxylic acids is 1. The van der Waals surface area contributed by atoms with E-state index in [9.17, 15) is 4.79 Å². The van der Waals surface area contributed by atoms with Crippen molar-refractivity contribution in [3.05, 3.63) is 42.2 Å². The van der Waals surface area contributed by atoms with Gasteiger partial charge in [-0.15, -0.1) is 0 Å². The van der Waals surface area contributed by atoms with E-state index in [4.69, 9.17) is 4.84 Å². The monoisotopic (exact) mass is 220 g/mol. The van der Waals surface area contributed by atoms with E-state index in [0.717, 1.165) is 19.3 Å². The first-order chi connectivity index (χ1) is 7.74. The largest absolute Gasteiger partial charge is 0.406 e. The summed E-state index contributed by atoms with van der Waals surface area (Å²) in [7, 11) is 0. The molecular formula is C13H18NO2+. The number of carbonyl (C=O) groups is 1. The number of hydrogen-bond donors (Lipinski definition) is 0. The minimum absolute atomic E-state index is 0.299. The first-order valence-corrected chi connectivity index (χ1v) is 5.59. The van der Waals surface area contributed by atoms with E-state index in [1.807, 2.05) is 24.3 Å². The van der Waals surface area contributed by atoms with Gasteiger partial charge in [0.15, 0.2) is 0 Å². The molecule has 0 saturated carbocycles. The van der Waals surface area contributed by atoms with Gasteiger partial charge in [-0.3, -0.25) is 0 Å². The third-order valence-electron chi connectivity index (χ3n) is 2.21. The molecule has 1 rings (SSSR count). The van der Waals surface area contributed by atoms with E-state index in [1.165, 1.54) is 4.73 Å². The van der Waals surface area contributed by atoms with Crippen molar-refractivity contribution in [3.63, 3.8) is 0 Å². The Kier molecular flexibility index (Phi) is 5.26. The fourth-order valence-corrected chi connectivity index (χ4v) is 1.22. The molecule has 0 aromatic carbocycles. The zero-order chi connectivity index (χ0) is 11.8. The van der Waals surface area contributed by atoms with E-state index in [2.05, 4.69) is 6.92 Å². The van der Waals surface area contributed by atoms with Crippen LogP contribution in [-0.4, -0.2) is 5.97 Å². The number of unbranched alkanes of at least 4 members (excludes halogenated alkanes) is 2. The van der Waals surface area contributed by atoms with Crippen molar-refractivity contribution in [1.29, 1.82) is 0 Å². The van der Waals surface area contributed by atoms with Crippen LogP contribution in [0.2, 0.25) is 0 Å². The van der Waals surface area contributed by atoms with Gasteiger partial charge in [-0.2, -0.15) is 4.84 Å². The van der Waals surface area contributed by atoms with E-state index in [1.54, 1.807) is 19.3 Å². The highest BCUT2D eigenvalue weighted by atomic mass is 16.7. The molecule has 0 saturated heterocycles. The Morgan fingerprint density at radius 2 is 2.00 bits per heavy atom. The normalized spacial score (nSPS) is 11.2. The van der Waals surface area contributed by atoms with Gasteiger partial charge in [0, 0.05) is 22.4 Å². The maximum atomic E-state index is 11.6. The summed E-state index contributed by atoms with van der Waals surface area (Å²) in [5, 5.41) is 0. The Labute approximate surface area is 96.3 Å². The Hall–Kier alpha value is -1.64. The molecule has 0 radical (unpaired) electrons. The van der Waals surface area contributed by atoms with E-state index < -0.39 is 0 Å². The molecule has 3 nitrogen and oxygen atoms in total. The molecule has 0 aliphatic carbocycles. The fraction of sp³-hybridized carbons (Fsp3) is 0.385. The van der Waals surface area contributed by atoms with Gasteiger partial charge >= 0.3 is 5.97 Å². The summed E-state index contributed by atoms with van der Waals surface area (Å²) in [4.78, 5) is 16.7. The summed E-state index contributed by atoms with van der Waals surface area (Å²) in [5.41, 5.74) is 0.657. The summed E-state index contributed by atoms with van der Waals surface area (Å²) in [6, 6.07) is 5.49. The quantitative estimate of drug-likeness (QED) is 0.432. The average molecular weight is 220 g/mol. The highest BCUT2D eigenvalue weighted by Gasteiger charge is 2.11. The van der Waals surface area contributed by atoms with Crippen LogP contribution in [0.3, 0.4) is 0 Å². The van der Waals surface area contributed by atoms with E-state index in [0.29, 0.717) is 5.57 Å². The molecule has 1 aromatic heterocycles. The summed E-state index contributed by atoms with van der Waals surface area (Å²) in [6.07, 6.45) is 8.47. The van der Waals surface area contributed by atoms with Gasteiger partial charge in [0.05, 0.1) is 0 Å². The van der Waals surface area contributed by atoms with Crippen molar-refractivity contribution in [3.8, 4) is 0 Å². The summed E-state index contributed by atoms with van der Waals surface area (Å²) in [5.74, 6) is -0.299. The van der Waals surface area contributed by atoms with Crippen LogP contribution < -0.4 is 9.57 Å². The fourth-order valence-electron chi connectivity index (χ4n) is 1.22. The van der Waals surface area contributed by atoms with Gasteiger partial charge in [-0.1, -0.05) is 31.9 Å². The van der Waals surface area contributed by atoms with Crippen molar-refractivity contribution >= 4 is 5.97 Å². The van der Waals surface area contributed by atoms with E-state index in [-0.39, 0.29) is 5.97 Å². The van der Waals surface area contributed by atoms with E-state index >= 15 is 0 Å². The minimum atomic E-state index is -0.299. The standard InChI is InChI=1S/C13H18NO2/c1-3-4-6-9-12(2)13(15)16-14-10-7-5-8-11-14/h5,7-11H,3-4,6H2,1-2H3/q+1. The summed E-state index contributed by atoms with van der Waals surface area (Å²) < 4.78 is 1.40. The zero-order valence-electron chi connectivity index (χ0n) is 9.85. The molecule has 0 bridgehead atoms. The lowest BCUT2D eigenvalue weighted by atomic mass is 10.2. The lowest BCUT2D eigenvalue weighted by Crippen LogP contribution is -2.45. The summed E-state index contributed by atoms with van der Waals surface area (Å²) >= 11 is 0. The number of allylic oxidation sites excluding steroid dienone is 1. The van der Waals surface area contributed by atoms with Crippen LogP contribution in [-0.2, 0) is 4.79 Å². The number of aromatic nitrogens is 1. The number of nitrogens with zero attached hydrogens (tertiary/aromatic N) is 1. The Morgan fingerprint density at radius 1 is 1.31 bits per heavy atom. The first-order valence-electron chi connectivity index (χ1n) is 5.59. The van der Waals surface area contributed by atoms with Crippen molar-refractivity contribution in [2.24, 2.45) is 0 Å². The first kappa shape index (κ1) is 12.4. The van der Waals surface area contributed by atoms with Gasteiger partial charge in [0.1, 0.15) is 0 Å². The van der Waals surface area contributed by atoms with Crippen molar-refractivity contribution < 1.29 is 14.4 Å². The van der Waals surface area contributed by atoms with Crippen LogP contribution in [0.25, 0.3) is 0 Å². The number of hydrogen-bond acceptors (Lipinski definition) is 2. The minimum Gasteiger partial charge on any atom is -0.239 e. The average Bonchev–Trinajstić information content (AvgIpc) is 2.30. The van der Waals surface area contributed by atoms with Crippen LogP contribution in [0.4, 0.5) is 0 Å². The van der Waals surface area contributed by atoms with Crippen LogP contribution in [0.1, 0.15) is 33.1 Å². The zero-order valence-corrected chi connectivity index (χ0v) is 9.85. The van der Waals surface area contributed by atoms with Crippen molar-refractivity contribution in [2.75, 3.05) is 0 Å². The van der Waals surface area contributed by atoms with Gasteiger partial charge in [0.2, 0.25) is 12.4 Å². The smallest absolute Gasteiger partial charge is 0.239 e. The van der Waals surface area contributed by atoms with Crippen LogP contribution in [0.15, 0.2) is 42.2 Å². The molecule has 86 valence electrons. The molecular weight excluding hydrogens is 202 g/mol. The molecule has 1 aromatic rings. The molecule has 0 fully saturated rings. The van der Waals surface area contributed by atoms with Crippen LogP contribution in [0.5, 0.6) is 0 Å². The van der Waals surface area contributed by atoms with Crippen LogP contribution in [0, 0.1) is 0 Å². The summed E-state index contributed by atoms with van der Waals surface area (Å²) in [6.45, 7) is 3.91. The molecule has 0 unspecified atom stereocenters. The lowest BCUT2D eigenvalue weighted by Gasteiger charge is -1.97. The second-order valence-corrected chi connectivity index (χ2v) is 3.64. The maximum Gasteiger partial charge on any atom is 0.406 e. The third-order valence-corrected chi connectivity index (χ3v) is 2.21. The molecule has 0 spiro atoms. The molecule has 0 aliphatic rings. The Balaban J connectivity index is 2.49. The molecule has 16 heavy (non-hydrogen) atoms. The Morgan fingerprint density at radius 3 is 2.62 bits per heavy atom. The van der Waals surface area contributed by atoms with Gasteiger partial charge in [0.25, 0.3) is 0 Å². The topological polar surface area (TPSA) is 30.2 Å². The molecule has 0 N–H and O–H groups in total. The second kappa shape index (κ2) is 6.77. The molecule has 3 heteroatoms. The van der Waals surface area contributed by atoms with Gasteiger partial charge in [-0.05, 0) is 13.3 Å². The van der Waals surface area contributed by atoms with Crippen molar-refractivity contribution in [2.45, 2.75) is 33.1 Å². The maximum absolute atomic E-state index is 11.6.